The molecule has 2 aliphatic heterocycles. The number of nitrogens with zero attached hydrogens (tertiary/aromatic N) is 1. The van der Waals surface area contributed by atoms with Crippen LogP contribution in [0.3, 0.4) is 0 Å². The van der Waals surface area contributed by atoms with Gasteiger partial charge in [0.2, 0.25) is 0 Å². The number of ether oxygens (including phenoxy) is 2. The largest absolute Gasteiger partial charge is 0.493 e. The van der Waals surface area contributed by atoms with Crippen molar-refractivity contribution in [3.63, 3.8) is 0 Å². The summed E-state index contributed by atoms with van der Waals surface area (Å²) < 4.78 is 11.3. The fourth-order valence-corrected chi connectivity index (χ4v) is 4.14. The number of benzene rings is 2. The van der Waals surface area contributed by atoms with E-state index in [-0.39, 0.29) is 12.5 Å². The predicted octanol–water partition coefficient (Wildman–Crippen LogP) is 1.54. The van der Waals surface area contributed by atoms with Crippen LogP contribution in [-0.2, 0) is 17.8 Å². The van der Waals surface area contributed by atoms with E-state index >= 15 is 0 Å². The van der Waals surface area contributed by atoms with Crippen molar-refractivity contribution in [2.45, 2.75) is 26.8 Å². The Morgan fingerprint density at radius 3 is 2.61 bits per heavy atom. The molecular weight excluding hydrogens is 352 g/mol. The maximum absolute atomic E-state index is 12.5. The summed E-state index contributed by atoms with van der Waals surface area (Å²) in [4.78, 5) is 16.0. The highest BCUT2D eigenvalue weighted by Crippen LogP contribution is 2.25. The first-order valence-electron chi connectivity index (χ1n) is 10.1. The molecule has 2 aromatic rings. The third-order valence-corrected chi connectivity index (χ3v) is 5.59. The van der Waals surface area contributed by atoms with Gasteiger partial charge in [-0.25, -0.2) is 0 Å². The minimum absolute atomic E-state index is 0.0767. The van der Waals surface area contributed by atoms with Gasteiger partial charge in [-0.3, -0.25) is 4.79 Å². The lowest BCUT2D eigenvalue weighted by atomic mass is 10.1. The minimum atomic E-state index is 0.0767. The zero-order valence-electron chi connectivity index (χ0n) is 16.8. The second-order valence-electron chi connectivity index (χ2n) is 7.96. The van der Waals surface area contributed by atoms with Gasteiger partial charge < -0.3 is 19.3 Å². The number of aryl methyl sites for hydroxylation is 2. The number of fused-ring (bicyclic) bond motifs is 1. The molecule has 0 bridgehead atoms. The minimum Gasteiger partial charge on any atom is -0.493 e. The van der Waals surface area contributed by atoms with Crippen LogP contribution in [0.15, 0.2) is 36.4 Å². The Bertz CT molecular complexity index is 837. The van der Waals surface area contributed by atoms with Gasteiger partial charge in [-0.05, 0) is 60.9 Å². The molecule has 28 heavy (non-hydrogen) atoms. The van der Waals surface area contributed by atoms with Crippen molar-refractivity contribution in [3.8, 4) is 11.5 Å². The summed E-state index contributed by atoms with van der Waals surface area (Å²) in [5.41, 5.74) is 4.99. The van der Waals surface area contributed by atoms with Crippen LogP contribution < -0.4 is 14.4 Å². The van der Waals surface area contributed by atoms with E-state index in [4.69, 9.17) is 9.47 Å². The molecule has 1 amide bonds. The Morgan fingerprint density at radius 2 is 1.86 bits per heavy atom. The molecule has 148 valence electrons. The summed E-state index contributed by atoms with van der Waals surface area (Å²) in [5.74, 6) is 1.89. The number of carbonyl (C=O) groups excluding carboxylic acids is 1. The number of quaternary nitrogens is 1. The lowest BCUT2D eigenvalue weighted by molar-refractivity contribution is -0.917. The van der Waals surface area contributed by atoms with Gasteiger partial charge in [-0.2, -0.15) is 0 Å². The van der Waals surface area contributed by atoms with E-state index in [1.165, 1.54) is 16.0 Å². The first-order valence-corrected chi connectivity index (χ1v) is 10.1. The molecule has 0 radical (unpaired) electrons. The number of hydrogen-bond donors (Lipinski definition) is 1. The molecule has 5 heteroatoms. The van der Waals surface area contributed by atoms with E-state index in [0.717, 1.165) is 68.4 Å². The Morgan fingerprint density at radius 1 is 1.11 bits per heavy atom. The van der Waals surface area contributed by atoms with Crippen LogP contribution in [0.25, 0.3) is 0 Å². The van der Waals surface area contributed by atoms with E-state index in [1.807, 2.05) is 30.9 Å². The van der Waals surface area contributed by atoms with E-state index in [1.54, 1.807) is 0 Å². The van der Waals surface area contributed by atoms with Gasteiger partial charge in [0.25, 0.3) is 5.91 Å². The van der Waals surface area contributed by atoms with Gasteiger partial charge in [0.15, 0.2) is 6.61 Å². The lowest BCUT2D eigenvalue weighted by Gasteiger charge is -2.32. The maximum Gasteiger partial charge on any atom is 0.260 e. The number of piperazine rings is 1. The van der Waals surface area contributed by atoms with Crippen LogP contribution in [0.4, 0.5) is 0 Å². The van der Waals surface area contributed by atoms with Crippen molar-refractivity contribution in [1.82, 2.24) is 4.90 Å². The summed E-state index contributed by atoms with van der Waals surface area (Å²) >= 11 is 0. The van der Waals surface area contributed by atoms with Gasteiger partial charge in [0.05, 0.1) is 32.8 Å². The van der Waals surface area contributed by atoms with Crippen molar-refractivity contribution in [2.75, 3.05) is 39.4 Å². The Kier molecular flexibility index (Phi) is 5.53. The molecule has 2 aliphatic rings. The Balaban J connectivity index is 1.25. The molecule has 2 aromatic carbocycles. The number of hydrogen-bond acceptors (Lipinski definition) is 3. The summed E-state index contributed by atoms with van der Waals surface area (Å²) in [6.45, 7) is 9.53. The molecule has 0 spiro atoms. The lowest BCUT2D eigenvalue weighted by Crippen LogP contribution is -3.13. The highest BCUT2D eigenvalue weighted by atomic mass is 16.5. The van der Waals surface area contributed by atoms with Gasteiger partial charge in [-0.15, -0.1) is 0 Å². The van der Waals surface area contributed by atoms with Crippen LogP contribution >= 0.6 is 0 Å². The maximum atomic E-state index is 12.5. The van der Waals surface area contributed by atoms with Crippen molar-refractivity contribution >= 4 is 5.91 Å². The topological polar surface area (TPSA) is 43.2 Å². The number of rotatable bonds is 5. The van der Waals surface area contributed by atoms with Crippen molar-refractivity contribution in [3.05, 3.63) is 58.7 Å². The van der Waals surface area contributed by atoms with Gasteiger partial charge in [-0.1, -0.05) is 6.07 Å². The molecule has 0 aliphatic carbocycles. The van der Waals surface area contributed by atoms with Gasteiger partial charge >= 0.3 is 0 Å². The standard InChI is InChI=1S/C23H28N2O3/c1-17-11-18(2)13-21(12-17)28-16-23(26)25-8-6-24(7-9-25)15-19-3-4-22-20(14-19)5-10-27-22/h3-4,11-14H,5-10,15-16H2,1-2H3/p+1. The van der Waals surface area contributed by atoms with Crippen molar-refractivity contribution < 1.29 is 19.2 Å². The normalized spacial score (nSPS) is 16.6. The average Bonchev–Trinajstić information content (AvgIpc) is 3.14. The van der Waals surface area contributed by atoms with E-state index in [0.29, 0.717) is 0 Å². The fraction of sp³-hybridized carbons (Fsp3) is 0.435. The zero-order valence-corrected chi connectivity index (χ0v) is 16.8. The first kappa shape index (κ1) is 18.8. The van der Waals surface area contributed by atoms with E-state index < -0.39 is 0 Å². The number of amides is 1. The second-order valence-corrected chi connectivity index (χ2v) is 7.96. The SMILES string of the molecule is Cc1cc(C)cc(OCC(=O)N2CC[NH+](Cc3ccc4c(c3)CCO4)CC2)c1. The van der Waals surface area contributed by atoms with Crippen LogP contribution in [0, 0.1) is 13.8 Å². The predicted molar refractivity (Wildman–Crippen MR) is 108 cm³/mol. The first-order chi connectivity index (χ1) is 13.6. The van der Waals surface area contributed by atoms with E-state index in [2.05, 4.69) is 24.3 Å². The molecule has 1 saturated heterocycles. The summed E-state index contributed by atoms with van der Waals surface area (Å²) in [6.07, 6.45) is 1.02. The third-order valence-electron chi connectivity index (χ3n) is 5.59. The fourth-order valence-electron chi connectivity index (χ4n) is 4.14. The monoisotopic (exact) mass is 381 g/mol. The number of carbonyl (C=O) groups is 1. The Labute approximate surface area is 166 Å². The zero-order chi connectivity index (χ0) is 19.5. The molecule has 2 heterocycles. The summed E-state index contributed by atoms with van der Waals surface area (Å²) in [7, 11) is 0. The van der Waals surface area contributed by atoms with E-state index in [9.17, 15) is 4.79 Å². The molecule has 1 N–H and O–H groups in total. The van der Waals surface area contributed by atoms with Crippen LogP contribution in [0.1, 0.15) is 22.3 Å². The van der Waals surface area contributed by atoms with Gasteiger partial charge in [0, 0.05) is 12.0 Å². The third kappa shape index (κ3) is 4.47. The quantitative estimate of drug-likeness (QED) is 0.855. The van der Waals surface area contributed by atoms with Crippen LogP contribution in [-0.4, -0.2) is 50.2 Å². The molecule has 4 rings (SSSR count). The average molecular weight is 381 g/mol. The second kappa shape index (κ2) is 8.23. The highest BCUT2D eigenvalue weighted by molar-refractivity contribution is 5.77. The number of nitrogens with one attached hydrogen (secondary N) is 1. The molecule has 0 saturated carbocycles. The van der Waals surface area contributed by atoms with Gasteiger partial charge in [0.1, 0.15) is 18.0 Å². The molecule has 0 aromatic heterocycles. The molecule has 0 atom stereocenters. The van der Waals surface area contributed by atoms with Crippen molar-refractivity contribution in [1.29, 1.82) is 0 Å². The highest BCUT2D eigenvalue weighted by Gasteiger charge is 2.24. The molecular formula is C23H29N2O3+. The van der Waals surface area contributed by atoms with Crippen LogP contribution in [0.2, 0.25) is 0 Å². The Hall–Kier alpha value is -2.53. The summed E-state index contributed by atoms with van der Waals surface area (Å²) in [6, 6.07) is 12.6. The molecule has 0 unspecified atom stereocenters. The smallest absolute Gasteiger partial charge is 0.260 e. The molecule has 5 nitrogen and oxygen atoms in total. The van der Waals surface area contributed by atoms with Crippen molar-refractivity contribution in [2.24, 2.45) is 0 Å². The molecule has 1 fully saturated rings. The van der Waals surface area contributed by atoms with Crippen LogP contribution in [0.5, 0.6) is 11.5 Å². The summed E-state index contributed by atoms with van der Waals surface area (Å²) in [5, 5.41) is 0.